The summed E-state index contributed by atoms with van der Waals surface area (Å²) in [5.74, 6) is -0.0328. The molecule has 134 valence electrons. The predicted molar refractivity (Wildman–Crippen MR) is 99.3 cm³/mol. The summed E-state index contributed by atoms with van der Waals surface area (Å²) in [5.41, 5.74) is 3.24. The Morgan fingerprint density at radius 1 is 1.00 bits per heavy atom. The number of nitrogens with zero attached hydrogens (tertiary/aromatic N) is 2. The van der Waals surface area contributed by atoms with Crippen molar-refractivity contribution in [1.82, 2.24) is 9.80 Å². The topological polar surface area (TPSA) is 52.7 Å². The number of likely N-dealkylation sites (N-methyl/N-ethyl adjacent to an activating group) is 1. The molecule has 5 nitrogen and oxygen atoms in total. The van der Waals surface area contributed by atoms with E-state index in [-0.39, 0.29) is 11.8 Å². The molecule has 0 unspecified atom stereocenters. The van der Waals surface area contributed by atoms with Gasteiger partial charge in [-0.1, -0.05) is 32.0 Å². The number of anilines is 1. The van der Waals surface area contributed by atoms with Gasteiger partial charge in [0.25, 0.3) is 0 Å². The fourth-order valence-electron chi connectivity index (χ4n) is 2.59. The van der Waals surface area contributed by atoms with E-state index in [9.17, 15) is 9.59 Å². The number of benzene rings is 1. The average Bonchev–Trinajstić information content (AvgIpc) is 2.54. The van der Waals surface area contributed by atoms with Gasteiger partial charge in [-0.05, 0) is 38.1 Å². The van der Waals surface area contributed by atoms with E-state index in [1.165, 1.54) is 0 Å². The number of hydrogen-bond acceptors (Lipinski definition) is 3. The van der Waals surface area contributed by atoms with Crippen molar-refractivity contribution in [2.75, 3.05) is 39.0 Å². The van der Waals surface area contributed by atoms with Gasteiger partial charge in [-0.3, -0.25) is 9.59 Å². The lowest BCUT2D eigenvalue weighted by Gasteiger charge is -2.23. The number of carbonyl (C=O) groups excluding carboxylic acids is 2. The van der Waals surface area contributed by atoms with Crippen molar-refractivity contribution in [1.29, 1.82) is 0 Å². The Labute approximate surface area is 146 Å². The zero-order chi connectivity index (χ0) is 18.1. The second-order valence-electron chi connectivity index (χ2n) is 6.27. The van der Waals surface area contributed by atoms with Crippen LogP contribution in [0.3, 0.4) is 0 Å². The Kier molecular flexibility index (Phi) is 8.47. The summed E-state index contributed by atoms with van der Waals surface area (Å²) >= 11 is 0. The highest BCUT2D eigenvalue weighted by atomic mass is 16.2. The third-order valence-corrected chi connectivity index (χ3v) is 4.13. The van der Waals surface area contributed by atoms with Crippen LogP contribution < -0.4 is 5.32 Å². The molecular weight excluding hydrogens is 302 g/mol. The first kappa shape index (κ1) is 20.2. The van der Waals surface area contributed by atoms with Gasteiger partial charge in [0, 0.05) is 38.7 Å². The van der Waals surface area contributed by atoms with Crippen LogP contribution in [-0.4, -0.2) is 55.3 Å². The van der Waals surface area contributed by atoms with Crippen LogP contribution in [0.15, 0.2) is 18.2 Å². The maximum atomic E-state index is 12.4. The van der Waals surface area contributed by atoms with Crippen molar-refractivity contribution in [3.63, 3.8) is 0 Å². The molecule has 0 saturated carbocycles. The molecule has 1 rings (SSSR count). The maximum absolute atomic E-state index is 12.4. The molecule has 2 amide bonds. The van der Waals surface area contributed by atoms with Crippen molar-refractivity contribution < 1.29 is 9.59 Å². The quantitative estimate of drug-likeness (QED) is 0.755. The predicted octanol–water partition coefficient (Wildman–Crippen LogP) is 2.55. The summed E-state index contributed by atoms with van der Waals surface area (Å²) in [6.07, 6.45) is 2.08. The number of carbonyl (C=O) groups is 2. The van der Waals surface area contributed by atoms with Crippen LogP contribution in [0.1, 0.15) is 38.3 Å². The molecule has 0 atom stereocenters. The minimum atomic E-state index is -0.0401. The van der Waals surface area contributed by atoms with Crippen molar-refractivity contribution in [3.05, 3.63) is 29.3 Å². The summed E-state index contributed by atoms with van der Waals surface area (Å²) in [6.45, 7) is 7.60. The highest BCUT2D eigenvalue weighted by Crippen LogP contribution is 2.22. The summed E-state index contributed by atoms with van der Waals surface area (Å²) in [5, 5.41) is 3.05. The van der Waals surface area contributed by atoms with Crippen LogP contribution in [0.5, 0.6) is 0 Å². The van der Waals surface area contributed by atoms with Crippen LogP contribution in [0.2, 0.25) is 0 Å². The summed E-state index contributed by atoms with van der Waals surface area (Å²) in [7, 11) is 3.94. The smallest absolute Gasteiger partial charge is 0.226 e. The normalized spacial score (nSPS) is 10.8. The molecule has 1 aromatic carbocycles. The highest BCUT2D eigenvalue weighted by Gasteiger charge is 2.13. The van der Waals surface area contributed by atoms with Gasteiger partial charge in [0.2, 0.25) is 11.8 Å². The van der Waals surface area contributed by atoms with E-state index >= 15 is 0 Å². The third-order valence-electron chi connectivity index (χ3n) is 4.13. The molecule has 0 fully saturated rings. The molecular formula is C19H31N3O2. The number of aryl methyl sites for hydroxylation is 2. The number of amides is 2. The van der Waals surface area contributed by atoms with Crippen LogP contribution >= 0.6 is 0 Å². The SMILES string of the molecule is CCc1cccc(CC)c1NC(=O)CCN(CCN(C)C)C(C)=O. The molecule has 5 heteroatoms. The van der Waals surface area contributed by atoms with Crippen molar-refractivity contribution in [2.45, 2.75) is 40.0 Å². The van der Waals surface area contributed by atoms with Crippen LogP contribution in [0.25, 0.3) is 0 Å². The number of hydrogen-bond donors (Lipinski definition) is 1. The van der Waals surface area contributed by atoms with Gasteiger partial charge in [-0.2, -0.15) is 0 Å². The van der Waals surface area contributed by atoms with Crippen molar-refractivity contribution >= 4 is 17.5 Å². The second kappa shape index (κ2) is 10.1. The molecule has 0 aliphatic carbocycles. The summed E-state index contributed by atoms with van der Waals surface area (Å²) in [4.78, 5) is 27.8. The fourth-order valence-corrected chi connectivity index (χ4v) is 2.59. The first-order chi connectivity index (χ1) is 11.4. The molecule has 0 bridgehead atoms. The summed E-state index contributed by atoms with van der Waals surface area (Å²) in [6, 6.07) is 6.13. The Hall–Kier alpha value is -1.88. The molecule has 24 heavy (non-hydrogen) atoms. The second-order valence-corrected chi connectivity index (χ2v) is 6.27. The monoisotopic (exact) mass is 333 g/mol. The molecule has 0 radical (unpaired) electrons. The van der Waals surface area contributed by atoms with E-state index in [1.54, 1.807) is 11.8 Å². The zero-order valence-electron chi connectivity index (χ0n) is 15.7. The standard InChI is InChI=1S/C19H31N3O2/c1-6-16-9-8-10-17(7-2)19(16)20-18(24)11-12-22(15(3)23)14-13-21(4)5/h8-10H,6-7,11-14H2,1-5H3,(H,20,24). The molecule has 0 aliphatic rings. The lowest BCUT2D eigenvalue weighted by molar-refractivity contribution is -0.129. The van der Waals surface area contributed by atoms with E-state index in [0.29, 0.717) is 19.5 Å². The molecule has 1 aromatic rings. The minimum absolute atomic E-state index is 0.00727. The first-order valence-corrected chi connectivity index (χ1v) is 8.69. The van der Waals surface area contributed by atoms with E-state index in [0.717, 1.165) is 36.2 Å². The van der Waals surface area contributed by atoms with Crippen LogP contribution in [-0.2, 0) is 22.4 Å². The molecule has 0 saturated heterocycles. The van der Waals surface area contributed by atoms with Gasteiger partial charge in [0.15, 0.2) is 0 Å². The summed E-state index contributed by atoms with van der Waals surface area (Å²) < 4.78 is 0. The lowest BCUT2D eigenvalue weighted by atomic mass is 10.0. The number of para-hydroxylation sites is 1. The third kappa shape index (κ3) is 6.32. The van der Waals surface area contributed by atoms with E-state index in [1.807, 2.05) is 37.2 Å². The minimum Gasteiger partial charge on any atom is -0.341 e. The zero-order valence-corrected chi connectivity index (χ0v) is 15.7. The van der Waals surface area contributed by atoms with Crippen LogP contribution in [0, 0.1) is 0 Å². The Balaban J connectivity index is 2.67. The van der Waals surface area contributed by atoms with Crippen molar-refractivity contribution in [3.8, 4) is 0 Å². The lowest BCUT2D eigenvalue weighted by Crippen LogP contribution is -2.37. The number of nitrogens with one attached hydrogen (secondary N) is 1. The first-order valence-electron chi connectivity index (χ1n) is 8.69. The number of rotatable bonds is 9. The van der Waals surface area contributed by atoms with Gasteiger partial charge in [0.05, 0.1) is 0 Å². The van der Waals surface area contributed by atoms with Gasteiger partial charge in [0.1, 0.15) is 0 Å². The van der Waals surface area contributed by atoms with Gasteiger partial charge in [-0.15, -0.1) is 0 Å². The van der Waals surface area contributed by atoms with Crippen LogP contribution in [0.4, 0.5) is 5.69 Å². The van der Waals surface area contributed by atoms with Gasteiger partial charge < -0.3 is 15.1 Å². The maximum Gasteiger partial charge on any atom is 0.226 e. The Morgan fingerprint density at radius 2 is 1.58 bits per heavy atom. The molecule has 0 aromatic heterocycles. The average molecular weight is 333 g/mol. The molecule has 0 aliphatic heterocycles. The Morgan fingerprint density at radius 3 is 2.04 bits per heavy atom. The van der Waals surface area contributed by atoms with E-state index < -0.39 is 0 Å². The largest absolute Gasteiger partial charge is 0.341 e. The highest BCUT2D eigenvalue weighted by molar-refractivity contribution is 5.92. The molecule has 0 heterocycles. The van der Waals surface area contributed by atoms with Gasteiger partial charge in [-0.25, -0.2) is 0 Å². The molecule has 0 spiro atoms. The fraction of sp³-hybridized carbons (Fsp3) is 0.579. The van der Waals surface area contributed by atoms with Gasteiger partial charge >= 0.3 is 0 Å². The van der Waals surface area contributed by atoms with E-state index in [4.69, 9.17) is 0 Å². The van der Waals surface area contributed by atoms with E-state index in [2.05, 4.69) is 19.2 Å². The molecule has 1 N–H and O–H groups in total. The Bertz CT molecular complexity index is 533. The van der Waals surface area contributed by atoms with Crippen molar-refractivity contribution in [2.24, 2.45) is 0 Å².